The summed E-state index contributed by atoms with van der Waals surface area (Å²) >= 11 is 0. The molecule has 8 nitrogen and oxygen atoms in total. The lowest BCUT2D eigenvalue weighted by atomic mass is 9.94. The fourth-order valence-corrected chi connectivity index (χ4v) is 8.89. The summed E-state index contributed by atoms with van der Waals surface area (Å²) < 4.78 is 11.8. The summed E-state index contributed by atoms with van der Waals surface area (Å²) in [6.45, 7) is 20.9. The van der Waals surface area contributed by atoms with E-state index in [9.17, 15) is 14.4 Å². The van der Waals surface area contributed by atoms with Gasteiger partial charge in [0, 0.05) is 32.6 Å². The molecule has 8 heteroatoms. The van der Waals surface area contributed by atoms with Crippen LogP contribution in [0.4, 0.5) is 0 Å². The van der Waals surface area contributed by atoms with Crippen molar-refractivity contribution in [3.63, 3.8) is 0 Å². The van der Waals surface area contributed by atoms with Gasteiger partial charge in [0.2, 0.25) is 5.91 Å². The Kier molecular flexibility index (Phi) is 45.6. The van der Waals surface area contributed by atoms with Crippen LogP contribution in [-0.2, 0) is 23.9 Å². The molecule has 374 valence electrons. The van der Waals surface area contributed by atoms with E-state index in [4.69, 9.17) is 9.47 Å². The van der Waals surface area contributed by atoms with Gasteiger partial charge in [-0.05, 0) is 98.3 Å². The second-order valence-electron chi connectivity index (χ2n) is 19.2. The van der Waals surface area contributed by atoms with Gasteiger partial charge in [-0.3, -0.25) is 14.4 Å². The third-order valence-corrected chi connectivity index (χ3v) is 13.4. The number of hydrogen-bond donors (Lipinski definition) is 0. The molecule has 0 heterocycles. The van der Waals surface area contributed by atoms with Gasteiger partial charge in [-0.1, -0.05) is 182 Å². The summed E-state index contributed by atoms with van der Waals surface area (Å²) in [5.41, 5.74) is 0. The number of unbranched alkanes of at least 4 members (excludes halogenated alkanes) is 22. The topological polar surface area (TPSA) is 79.4 Å². The van der Waals surface area contributed by atoms with Crippen molar-refractivity contribution in [2.75, 3.05) is 66.1 Å². The molecule has 1 amide bonds. The molecule has 0 aromatic rings. The zero-order valence-electron chi connectivity index (χ0n) is 43.4. The molecule has 2 atom stereocenters. The first-order valence-corrected chi connectivity index (χ1v) is 27.8. The normalized spacial score (nSPS) is 12.6. The highest BCUT2D eigenvalue weighted by atomic mass is 16.5. The molecule has 0 spiro atoms. The number of rotatable bonds is 49. The summed E-state index contributed by atoms with van der Waals surface area (Å²) in [6.07, 6.45) is 39.0. The zero-order valence-corrected chi connectivity index (χ0v) is 43.4. The van der Waals surface area contributed by atoms with E-state index in [2.05, 4.69) is 58.4 Å². The van der Waals surface area contributed by atoms with Crippen LogP contribution in [0.25, 0.3) is 0 Å². The Morgan fingerprint density at radius 1 is 0.381 bits per heavy atom. The summed E-state index contributed by atoms with van der Waals surface area (Å²) in [5.74, 6) is 0.530. The van der Waals surface area contributed by atoms with E-state index in [1.807, 2.05) is 4.90 Å². The molecule has 0 aromatic carbocycles. The molecule has 0 N–H and O–H groups in total. The Balaban J connectivity index is 4.87. The molecule has 0 fully saturated rings. The summed E-state index contributed by atoms with van der Waals surface area (Å²) in [5, 5.41) is 0. The Hall–Kier alpha value is -1.67. The van der Waals surface area contributed by atoms with Crippen LogP contribution in [0.1, 0.15) is 260 Å². The van der Waals surface area contributed by atoms with Crippen LogP contribution in [0.3, 0.4) is 0 Å². The fourth-order valence-electron chi connectivity index (χ4n) is 8.89. The Morgan fingerprint density at radius 3 is 1.13 bits per heavy atom. The van der Waals surface area contributed by atoms with Gasteiger partial charge >= 0.3 is 11.9 Å². The van der Waals surface area contributed by atoms with Gasteiger partial charge in [-0.25, -0.2) is 0 Å². The molecule has 0 aromatic heterocycles. The second-order valence-corrected chi connectivity index (χ2v) is 19.2. The van der Waals surface area contributed by atoms with E-state index in [-0.39, 0.29) is 29.7 Å². The summed E-state index contributed by atoms with van der Waals surface area (Å²) in [6, 6.07) is 0. The first-order valence-electron chi connectivity index (χ1n) is 27.8. The van der Waals surface area contributed by atoms with Crippen LogP contribution >= 0.6 is 0 Å². The minimum absolute atomic E-state index is 0.0523. The molecule has 0 saturated carbocycles. The van der Waals surface area contributed by atoms with Crippen molar-refractivity contribution >= 4 is 17.8 Å². The van der Waals surface area contributed by atoms with E-state index in [1.54, 1.807) is 0 Å². The lowest BCUT2D eigenvalue weighted by Crippen LogP contribution is -2.35. The van der Waals surface area contributed by atoms with Crippen molar-refractivity contribution in [3.05, 3.63) is 0 Å². The number of carbonyl (C=O) groups excluding carboxylic acids is 3. The third kappa shape index (κ3) is 38.2. The van der Waals surface area contributed by atoms with Gasteiger partial charge in [0.25, 0.3) is 0 Å². The van der Waals surface area contributed by atoms with E-state index >= 15 is 0 Å². The Labute approximate surface area is 392 Å². The monoisotopic (exact) mass is 892 g/mol. The van der Waals surface area contributed by atoms with E-state index in [1.165, 1.54) is 103 Å². The first kappa shape index (κ1) is 61.3. The van der Waals surface area contributed by atoms with Crippen LogP contribution in [0, 0.1) is 11.8 Å². The molecule has 0 rings (SSSR count). The van der Waals surface area contributed by atoms with Crippen LogP contribution in [0.2, 0.25) is 0 Å². The Bertz CT molecular complexity index is 949. The fraction of sp³-hybridized carbons (Fsp3) is 0.945. The molecule has 63 heavy (non-hydrogen) atoms. The van der Waals surface area contributed by atoms with E-state index in [0.717, 1.165) is 155 Å². The minimum atomic E-state index is 0.0523. The predicted molar refractivity (Wildman–Crippen MR) is 270 cm³/mol. The van der Waals surface area contributed by atoms with Gasteiger partial charge in [0.15, 0.2) is 0 Å². The number of hydrogen-bond acceptors (Lipinski definition) is 7. The second kappa shape index (κ2) is 46.8. The molecular weight excluding hydrogens is 783 g/mol. The lowest BCUT2D eigenvalue weighted by molar-refractivity contribution is -0.150. The van der Waals surface area contributed by atoms with E-state index < -0.39 is 0 Å². The average Bonchev–Trinajstić information content (AvgIpc) is 3.28. The molecule has 0 saturated heterocycles. The van der Waals surface area contributed by atoms with Crippen LogP contribution < -0.4 is 0 Å². The van der Waals surface area contributed by atoms with Crippen molar-refractivity contribution in [2.24, 2.45) is 11.8 Å². The highest BCUT2D eigenvalue weighted by Gasteiger charge is 2.21. The maximum atomic E-state index is 13.1. The van der Waals surface area contributed by atoms with Gasteiger partial charge < -0.3 is 24.2 Å². The van der Waals surface area contributed by atoms with Gasteiger partial charge in [0.1, 0.15) is 0 Å². The van der Waals surface area contributed by atoms with Crippen molar-refractivity contribution in [3.8, 4) is 0 Å². The quantitative estimate of drug-likeness (QED) is 0.0445. The van der Waals surface area contributed by atoms with E-state index in [0.29, 0.717) is 19.6 Å². The predicted octanol–water partition coefficient (Wildman–Crippen LogP) is 14.8. The molecule has 0 aliphatic rings. The van der Waals surface area contributed by atoms with Crippen molar-refractivity contribution in [1.82, 2.24) is 14.7 Å². The first-order chi connectivity index (χ1) is 30.8. The van der Waals surface area contributed by atoms with Crippen LogP contribution in [-0.4, -0.2) is 98.6 Å². The molecule has 0 radical (unpaired) electrons. The maximum Gasteiger partial charge on any atom is 0.308 e. The number of ether oxygens (including phenoxy) is 2. The SMILES string of the molecule is CCCCCCCCC(CCCCCC)C(=O)OCCCCCCN(CCCCCCOC(=O)C(CCCCCC)CCCCCCCC)CCN(C)CCCC(=O)N(CC)CC. The van der Waals surface area contributed by atoms with Crippen molar-refractivity contribution in [1.29, 1.82) is 0 Å². The average molecular weight is 892 g/mol. The van der Waals surface area contributed by atoms with Crippen molar-refractivity contribution < 1.29 is 23.9 Å². The minimum Gasteiger partial charge on any atom is -0.465 e. The highest BCUT2D eigenvalue weighted by molar-refractivity contribution is 5.76. The standard InChI is InChI=1S/C55H109N3O5/c1-8-14-18-22-24-32-41-51(39-30-20-16-10-3)54(60)62-49-36-28-26-34-45-57(48-47-56(7)44-38-43-53(59)58(12-5)13-6)46-35-27-29-37-50-63-55(61)52(40-31-21-17-11-4)42-33-25-23-19-15-9-2/h51-52H,8-50H2,1-7H3. The number of esters is 2. The lowest BCUT2D eigenvalue weighted by Gasteiger charge is -2.26. The number of likely N-dealkylation sites (N-methyl/N-ethyl adjacent to an activating group) is 1. The number of nitrogens with zero attached hydrogens (tertiary/aromatic N) is 3. The molecule has 0 aliphatic carbocycles. The van der Waals surface area contributed by atoms with Gasteiger partial charge in [-0.2, -0.15) is 0 Å². The zero-order chi connectivity index (χ0) is 46.4. The van der Waals surface area contributed by atoms with Crippen molar-refractivity contribution in [2.45, 2.75) is 260 Å². The third-order valence-electron chi connectivity index (χ3n) is 13.4. The smallest absolute Gasteiger partial charge is 0.308 e. The Morgan fingerprint density at radius 2 is 0.730 bits per heavy atom. The number of amides is 1. The van der Waals surface area contributed by atoms with Crippen LogP contribution in [0.5, 0.6) is 0 Å². The largest absolute Gasteiger partial charge is 0.465 e. The molecule has 2 unspecified atom stereocenters. The van der Waals surface area contributed by atoms with Gasteiger partial charge in [-0.15, -0.1) is 0 Å². The highest BCUT2D eigenvalue weighted by Crippen LogP contribution is 2.22. The van der Waals surface area contributed by atoms with Crippen LogP contribution in [0.15, 0.2) is 0 Å². The summed E-state index contributed by atoms with van der Waals surface area (Å²) in [4.78, 5) is 45.7. The number of carbonyl (C=O) groups is 3. The molecular formula is C55H109N3O5. The van der Waals surface area contributed by atoms with Gasteiger partial charge in [0.05, 0.1) is 25.0 Å². The maximum absolute atomic E-state index is 13.1. The molecule has 0 aliphatic heterocycles. The summed E-state index contributed by atoms with van der Waals surface area (Å²) in [7, 11) is 2.19. The molecule has 0 bridgehead atoms.